The second-order valence-electron chi connectivity index (χ2n) is 4.01. The molecule has 0 fully saturated rings. The SMILES string of the molecule is COCCC(C)C(=O)c1ccc(C)c(Br)c1. The Morgan fingerprint density at radius 2 is 2.19 bits per heavy atom. The number of halogens is 1. The van der Waals surface area contributed by atoms with Crippen LogP contribution >= 0.6 is 15.9 Å². The zero-order valence-corrected chi connectivity index (χ0v) is 11.5. The molecule has 2 nitrogen and oxygen atoms in total. The lowest BCUT2D eigenvalue weighted by Crippen LogP contribution is -2.13. The van der Waals surface area contributed by atoms with Crippen molar-refractivity contribution in [3.8, 4) is 0 Å². The van der Waals surface area contributed by atoms with Gasteiger partial charge in [0.05, 0.1) is 0 Å². The van der Waals surface area contributed by atoms with E-state index in [4.69, 9.17) is 4.74 Å². The molecule has 1 aromatic rings. The first-order valence-electron chi connectivity index (χ1n) is 5.35. The number of benzene rings is 1. The zero-order valence-electron chi connectivity index (χ0n) is 9.92. The highest BCUT2D eigenvalue weighted by Crippen LogP contribution is 2.20. The Morgan fingerprint density at radius 1 is 1.50 bits per heavy atom. The van der Waals surface area contributed by atoms with Crippen molar-refractivity contribution in [1.29, 1.82) is 0 Å². The molecular weight excluding hydrogens is 268 g/mol. The third-order valence-electron chi connectivity index (χ3n) is 2.66. The molecule has 1 aromatic carbocycles. The summed E-state index contributed by atoms with van der Waals surface area (Å²) >= 11 is 3.44. The van der Waals surface area contributed by atoms with Crippen molar-refractivity contribution in [2.75, 3.05) is 13.7 Å². The molecule has 0 bridgehead atoms. The van der Waals surface area contributed by atoms with Crippen LogP contribution in [0.3, 0.4) is 0 Å². The van der Waals surface area contributed by atoms with Crippen LogP contribution < -0.4 is 0 Å². The summed E-state index contributed by atoms with van der Waals surface area (Å²) < 4.78 is 5.96. The fourth-order valence-electron chi connectivity index (χ4n) is 1.46. The maximum absolute atomic E-state index is 12.0. The Kier molecular flexibility index (Phi) is 5.16. The zero-order chi connectivity index (χ0) is 12.1. The first kappa shape index (κ1) is 13.4. The normalized spacial score (nSPS) is 12.5. The smallest absolute Gasteiger partial charge is 0.165 e. The fourth-order valence-corrected chi connectivity index (χ4v) is 1.84. The number of hydrogen-bond acceptors (Lipinski definition) is 2. The molecule has 0 heterocycles. The molecule has 0 aliphatic rings. The lowest BCUT2D eigenvalue weighted by Gasteiger charge is -2.10. The molecule has 1 rings (SSSR count). The van der Waals surface area contributed by atoms with E-state index >= 15 is 0 Å². The van der Waals surface area contributed by atoms with Crippen LogP contribution in [0.4, 0.5) is 0 Å². The molecule has 0 aliphatic heterocycles. The molecule has 16 heavy (non-hydrogen) atoms. The maximum atomic E-state index is 12.0. The second kappa shape index (κ2) is 6.16. The van der Waals surface area contributed by atoms with E-state index in [1.165, 1.54) is 0 Å². The van der Waals surface area contributed by atoms with Crippen LogP contribution in [-0.4, -0.2) is 19.5 Å². The molecule has 1 atom stereocenters. The first-order chi connectivity index (χ1) is 7.56. The van der Waals surface area contributed by atoms with Gasteiger partial charge in [0, 0.05) is 29.7 Å². The van der Waals surface area contributed by atoms with Gasteiger partial charge in [0.1, 0.15) is 0 Å². The molecule has 88 valence electrons. The van der Waals surface area contributed by atoms with Crippen molar-refractivity contribution >= 4 is 21.7 Å². The summed E-state index contributed by atoms with van der Waals surface area (Å²) in [6, 6.07) is 5.73. The van der Waals surface area contributed by atoms with Gasteiger partial charge in [0.25, 0.3) is 0 Å². The standard InChI is InChI=1S/C13H17BrO2/c1-9-4-5-11(8-12(9)14)13(15)10(2)6-7-16-3/h4-5,8,10H,6-7H2,1-3H3. The van der Waals surface area contributed by atoms with Crippen LogP contribution in [0.15, 0.2) is 22.7 Å². The Morgan fingerprint density at radius 3 is 2.75 bits per heavy atom. The van der Waals surface area contributed by atoms with Gasteiger partial charge in [-0.2, -0.15) is 0 Å². The highest BCUT2D eigenvalue weighted by Gasteiger charge is 2.15. The minimum Gasteiger partial charge on any atom is -0.385 e. The number of aryl methyl sites for hydroxylation is 1. The van der Waals surface area contributed by atoms with Crippen LogP contribution in [0.25, 0.3) is 0 Å². The Labute approximate surface area is 105 Å². The molecule has 0 radical (unpaired) electrons. The summed E-state index contributed by atoms with van der Waals surface area (Å²) in [4.78, 5) is 12.0. The summed E-state index contributed by atoms with van der Waals surface area (Å²) in [6.45, 7) is 4.57. The number of ketones is 1. The predicted molar refractivity (Wildman–Crippen MR) is 68.9 cm³/mol. The van der Waals surface area contributed by atoms with E-state index in [1.54, 1.807) is 7.11 Å². The largest absolute Gasteiger partial charge is 0.385 e. The van der Waals surface area contributed by atoms with E-state index < -0.39 is 0 Å². The van der Waals surface area contributed by atoms with Crippen LogP contribution in [0.2, 0.25) is 0 Å². The van der Waals surface area contributed by atoms with Crippen molar-refractivity contribution in [2.45, 2.75) is 20.3 Å². The van der Waals surface area contributed by atoms with Crippen molar-refractivity contribution < 1.29 is 9.53 Å². The second-order valence-corrected chi connectivity index (χ2v) is 4.87. The van der Waals surface area contributed by atoms with Gasteiger partial charge in [0.2, 0.25) is 0 Å². The number of carbonyl (C=O) groups excluding carboxylic acids is 1. The lowest BCUT2D eigenvalue weighted by atomic mass is 9.96. The van der Waals surface area contributed by atoms with Gasteiger partial charge in [-0.1, -0.05) is 35.0 Å². The third kappa shape index (κ3) is 3.42. The highest BCUT2D eigenvalue weighted by molar-refractivity contribution is 9.10. The highest BCUT2D eigenvalue weighted by atomic mass is 79.9. The van der Waals surface area contributed by atoms with Crippen molar-refractivity contribution in [3.63, 3.8) is 0 Å². The average molecular weight is 285 g/mol. The number of carbonyl (C=O) groups is 1. The topological polar surface area (TPSA) is 26.3 Å². The quantitative estimate of drug-likeness (QED) is 0.772. The molecule has 0 aliphatic carbocycles. The van der Waals surface area contributed by atoms with Crippen LogP contribution in [0.5, 0.6) is 0 Å². The van der Waals surface area contributed by atoms with E-state index in [2.05, 4.69) is 15.9 Å². The third-order valence-corrected chi connectivity index (χ3v) is 3.51. The van der Waals surface area contributed by atoms with E-state index in [-0.39, 0.29) is 11.7 Å². The Bertz CT molecular complexity index is 374. The number of ether oxygens (including phenoxy) is 1. The molecule has 0 saturated heterocycles. The van der Waals surface area contributed by atoms with Crippen LogP contribution in [0, 0.1) is 12.8 Å². The number of methoxy groups -OCH3 is 1. The van der Waals surface area contributed by atoms with Gasteiger partial charge in [-0.05, 0) is 25.0 Å². The molecule has 1 unspecified atom stereocenters. The summed E-state index contributed by atoms with van der Waals surface area (Å²) in [6.07, 6.45) is 0.765. The van der Waals surface area contributed by atoms with Crippen LogP contribution in [0.1, 0.15) is 29.3 Å². The van der Waals surface area contributed by atoms with Crippen molar-refractivity contribution in [3.05, 3.63) is 33.8 Å². The molecule has 0 aromatic heterocycles. The van der Waals surface area contributed by atoms with Gasteiger partial charge < -0.3 is 4.74 Å². The summed E-state index contributed by atoms with van der Waals surface area (Å²) in [5.41, 5.74) is 1.90. The summed E-state index contributed by atoms with van der Waals surface area (Å²) in [5, 5.41) is 0. The number of Topliss-reactive ketones (excluding diaryl/α,β-unsaturated/α-hetero) is 1. The summed E-state index contributed by atoms with van der Waals surface area (Å²) in [7, 11) is 1.65. The molecule has 0 spiro atoms. The van der Waals surface area contributed by atoms with E-state index in [0.717, 1.165) is 22.0 Å². The lowest BCUT2D eigenvalue weighted by molar-refractivity contribution is 0.0893. The van der Waals surface area contributed by atoms with E-state index in [0.29, 0.717) is 6.61 Å². The number of rotatable bonds is 5. The number of hydrogen-bond donors (Lipinski definition) is 0. The van der Waals surface area contributed by atoms with Crippen molar-refractivity contribution in [2.24, 2.45) is 5.92 Å². The molecular formula is C13H17BrO2. The van der Waals surface area contributed by atoms with Gasteiger partial charge in [-0.25, -0.2) is 0 Å². The summed E-state index contributed by atoms with van der Waals surface area (Å²) in [5.74, 6) is 0.187. The van der Waals surface area contributed by atoms with Gasteiger partial charge in [-0.3, -0.25) is 4.79 Å². The van der Waals surface area contributed by atoms with E-state index in [1.807, 2.05) is 32.0 Å². The van der Waals surface area contributed by atoms with Crippen LogP contribution in [-0.2, 0) is 4.74 Å². The minimum atomic E-state index is 0.00885. The first-order valence-corrected chi connectivity index (χ1v) is 6.15. The Hall–Kier alpha value is -0.670. The molecule has 0 N–H and O–H groups in total. The van der Waals surface area contributed by atoms with Gasteiger partial charge in [0.15, 0.2) is 5.78 Å². The van der Waals surface area contributed by atoms with Crippen molar-refractivity contribution in [1.82, 2.24) is 0 Å². The fraction of sp³-hybridized carbons (Fsp3) is 0.462. The molecule has 0 saturated carbocycles. The minimum absolute atomic E-state index is 0.00885. The predicted octanol–water partition coefficient (Wildman–Crippen LogP) is 3.61. The monoisotopic (exact) mass is 284 g/mol. The average Bonchev–Trinajstić information content (AvgIpc) is 2.28. The van der Waals surface area contributed by atoms with E-state index in [9.17, 15) is 4.79 Å². The molecule has 0 amide bonds. The maximum Gasteiger partial charge on any atom is 0.165 e. The van der Waals surface area contributed by atoms with Gasteiger partial charge in [-0.15, -0.1) is 0 Å². The van der Waals surface area contributed by atoms with Gasteiger partial charge >= 0.3 is 0 Å². The Balaban J connectivity index is 2.76. The molecule has 3 heteroatoms.